The van der Waals surface area contributed by atoms with Crippen molar-refractivity contribution in [2.75, 3.05) is 6.54 Å². The summed E-state index contributed by atoms with van der Waals surface area (Å²) < 4.78 is 0. The van der Waals surface area contributed by atoms with Crippen molar-refractivity contribution in [3.63, 3.8) is 0 Å². The Hall–Kier alpha value is -0.570. The van der Waals surface area contributed by atoms with E-state index in [0.717, 1.165) is 32.2 Å². The van der Waals surface area contributed by atoms with Crippen LogP contribution in [0.15, 0.2) is 0 Å². The number of carbonyl (C=O) groups is 1. The van der Waals surface area contributed by atoms with Crippen LogP contribution in [0.4, 0.5) is 0 Å². The van der Waals surface area contributed by atoms with Crippen LogP contribution in [0.2, 0.25) is 0 Å². The predicted octanol–water partition coefficient (Wildman–Crippen LogP) is 1.42. The fourth-order valence-corrected chi connectivity index (χ4v) is 2.93. The van der Waals surface area contributed by atoms with E-state index < -0.39 is 0 Å². The molecule has 86 valence electrons. The zero-order chi connectivity index (χ0) is 10.7. The first-order chi connectivity index (χ1) is 7.29. The van der Waals surface area contributed by atoms with Crippen LogP contribution in [0, 0.1) is 11.8 Å². The summed E-state index contributed by atoms with van der Waals surface area (Å²) >= 11 is 0. The van der Waals surface area contributed by atoms with Gasteiger partial charge in [-0.05, 0) is 44.6 Å². The second kappa shape index (κ2) is 4.97. The molecule has 2 aliphatic carbocycles. The van der Waals surface area contributed by atoms with Crippen LogP contribution in [0.5, 0.6) is 0 Å². The van der Waals surface area contributed by atoms with Gasteiger partial charge >= 0.3 is 0 Å². The summed E-state index contributed by atoms with van der Waals surface area (Å²) in [6.07, 6.45) is 8.06. The Morgan fingerprint density at radius 3 is 2.53 bits per heavy atom. The molecule has 0 aromatic carbocycles. The standard InChI is InChI=1S/C12H22N2O/c13-8-9-5-6-11(7-9)14-12(15)10-3-1-2-4-10/h9-11H,1-8,13H2,(H,14,15)/t9-,11+/m1/s1. The van der Waals surface area contributed by atoms with Gasteiger partial charge in [0.1, 0.15) is 0 Å². The quantitative estimate of drug-likeness (QED) is 0.740. The fourth-order valence-electron chi connectivity index (χ4n) is 2.93. The largest absolute Gasteiger partial charge is 0.353 e. The van der Waals surface area contributed by atoms with Crippen LogP contribution >= 0.6 is 0 Å². The third kappa shape index (κ3) is 2.71. The molecule has 2 aliphatic rings. The molecule has 0 bridgehead atoms. The van der Waals surface area contributed by atoms with E-state index >= 15 is 0 Å². The lowest BCUT2D eigenvalue weighted by atomic mass is 10.1. The highest BCUT2D eigenvalue weighted by Crippen LogP contribution is 2.27. The summed E-state index contributed by atoms with van der Waals surface area (Å²) in [5, 5.41) is 3.19. The van der Waals surface area contributed by atoms with Crippen LogP contribution < -0.4 is 11.1 Å². The van der Waals surface area contributed by atoms with Crippen molar-refractivity contribution in [1.29, 1.82) is 0 Å². The molecule has 3 nitrogen and oxygen atoms in total. The van der Waals surface area contributed by atoms with Gasteiger partial charge in [0.2, 0.25) is 5.91 Å². The first kappa shape index (κ1) is 10.9. The van der Waals surface area contributed by atoms with Gasteiger partial charge in [0, 0.05) is 12.0 Å². The Morgan fingerprint density at radius 1 is 1.20 bits per heavy atom. The number of amides is 1. The molecule has 2 atom stereocenters. The van der Waals surface area contributed by atoms with Crippen molar-refractivity contribution >= 4 is 5.91 Å². The molecule has 0 aliphatic heterocycles. The van der Waals surface area contributed by atoms with Gasteiger partial charge in [0.15, 0.2) is 0 Å². The van der Waals surface area contributed by atoms with E-state index in [4.69, 9.17) is 5.73 Å². The minimum Gasteiger partial charge on any atom is -0.353 e. The highest BCUT2D eigenvalue weighted by molar-refractivity contribution is 5.79. The van der Waals surface area contributed by atoms with E-state index in [9.17, 15) is 4.79 Å². The van der Waals surface area contributed by atoms with Crippen LogP contribution in [-0.4, -0.2) is 18.5 Å². The number of carbonyl (C=O) groups excluding carboxylic acids is 1. The van der Waals surface area contributed by atoms with Crippen molar-refractivity contribution in [2.45, 2.75) is 51.0 Å². The van der Waals surface area contributed by atoms with Gasteiger partial charge in [-0.25, -0.2) is 0 Å². The van der Waals surface area contributed by atoms with E-state index in [1.54, 1.807) is 0 Å². The molecule has 0 saturated heterocycles. The average molecular weight is 210 g/mol. The molecule has 2 saturated carbocycles. The third-order valence-corrected chi connectivity index (χ3v) is 3.95. The monoisotopic (exact) mass is 210 g/mol. The number of nitrogens with one attached hydrogen (secondary N) is 1. The third-order valence-electron chi connectivity index (χ3n) is 3.95. The summed E-state index contributed by atoms with van der Waals surface area (Å²) in [6.45, 7) is 0.774. The van der Waals surface area contributed by atoms with Crippen molar-refractivity contribution in [3.05, 3.63) is 0 Å². The maximum absolute atomic E-state index is 11.9. The van der Waals surface area contributed by atoms with E-state index in [1.165, 1.54) is 19.3 Å². The molecule has 2 rings (SSSR count). The molecule has 1 amide bonds. The van der Waals surface area contributed by atoms with Crippen LogP contribution in [0.25, 0.3) is 0 Å². The molecular formula is C12H22N2O. The maximum atomic E-state index is 11.9. The van der Waals surface area contributed by atoms with E-state index in [0.29, 0.717) is 23.8 Å². The van der Waals surface area contributed by atoms with Crippen molar-refractivity contribution < 1.29 is 4.79 Å². The van der Waals surface area contributed by atoms with E-state index in [2.05, 4.69) is 5.32 Å². The number of nitrogens with two attached hydrogens (primary N) is 1. The average Bonchev–Trinajstić information content (AvgIpc) is 2.87. The van der Waals surface area contributed by atoms with E-state index in [1.807, 2.05) is 0 Å². The van der Waals surface area contributed by atoms with Crippen molar-refractivity contribution in [3.8, 4) is 0 Å². The fraction of sp³-hybridized carbons (Fsp3) is 0.917. The van der Waals surface area contributed by atoms with Gasteiger partial charge in [-0.15, -0.1) is 0 Å². The highest BCUT2D eigenvalue weighted by atomic mass is 16.1. The molecule has 2 fully saturated rings. The Balaban J connectivity index is 1.74. The molecule has 3 heteroatoms. The lowest BCUT2D eigenvalue weighted by Gasteiger charge is -2.16. The molecule has 0 aromatic heterocycles. The molecule has 0 aromatic rings. The van der Waals surface area contributed by atoms with Gasteiger partial charge in [-0.1, -0.05) is 12.8 Å². The second-order valence-corrected chi connectivity index (χ2v) is 5.10. The van der Waals surface area contributed by atoms with Crippen LogP contribution in [0.1, 0.15) is 44.9 Å². The molecule has 15 heavy (non-hydrogen) atoms. The predicted molar refractivity (Wildman–Crippen MR) is 60.3 cm³/mol. The highest BCUT2D eigenvalue weighted by Gasteiger charge is 2.28. The van der Waals surface area contributed by atoms with Crippen molar-refractivity contribution in [2.24, 2.45) is 17.6 Å². The summed E-state index contributed by atoms with van der Waals surface area (Å²) in [6, 6.07) is 0.409. The molecule has 0 unspecified atom stereocenters. The summed E-state index contributed by atoms with van der Waals surface area (Å²) in [5.41, 5.74) is 5.64. The summed E-state index contributed by atoms with van der Waals surface area (Å²) in [7, 11) is 0. The normalized spacial score (nSPS) is 32.1. The minimum absolute atomic E-state index is 0.301. The number of hydrogen-bond donors (Lipinski definition) is 2. The Bertz CT molecular complexity index is 224. The molecule has 3 N–H and O–H groups in total. The molecule has 0 spiro atoms. The zero-order valence-electron chi connectivity index (χ0n) is 9.37. The number of rotatable bonds is 3. The summed E-state index contributed by atoms with van der Waals surface area (Å²) in [5.74, 6) is 1.25. The zero-order valence-corrected chi connectivity index (χ0v) is 9.37. The lowest BCUT2D eigenvalue weighted by molar-refractivity contribution is -0.125. The number of hydrogen-bond acceptors (Lipinski definition) is 2. The molecular weight excluding hydrogens is 188 g/mol. The summed E-state index contributed by atoms with van der Waals surface area (Å²) in [4.78, 5) is 11.9. The van der Waals surface area contributed by atoms with E-state index in [-0.39, 0.29) is 0 Å². The smallest absolute Gasteiger partial charge is 0.223 e. The SMILES string of the molecule is NC[C@@H]1CC[C@H](NC(=O)C2CCCC2)C1. The Kier molecular flexibility index (Phi) is 3.62. The van der Waals surface area contributed by atoms with Crippen LogP contribution in [-0.2, 0) is 4.79 Å². The molecule has 0 radical (unpaired) electrons. The topological polar surface area (TPSA) is 55.1 Å². The minimum atomic E-state index is 0.301. The molecule has 0 heterocycles. The van der Waals surface area contributed by atoms with Crippen LogP contribution in [0.3, 0.4) is 0 Å². The maximum Gasteiger partial charge on any atom is 0.223 e. The Labute approximate surface area is 91.8 Å². The van der Waals surface area contributed by atoms with Crippen molar-refractivity contribution in [1.82, 2.24) is 5.32 Å². The van der Waals surface area contributed by atoms with Gasteiger partial charge in [0.05, 0.1) is 0 Å². The van der Waals surface area contributed by atoms with Gasteiger partial charge < -0.3 is 11.1 Å². The first-order valence-corrected chi connectivity index (χ1v) is 6.30. The first-order valence-electron chi connectivity index (χ1n) is 6.30. The lowest BCUT2D eigenvalue weighted by Crippen LogP contribution is -2.37. The van der Waals surface area contributed by atoms with Gasteiger partial charge in [-0.2, -0.15) is 0 Å². The van der Waals surface area contributed by atoms with Gasteiger partial charge in [0.25, 0.3) is 0 Å². The van der Waals surface area contributed by atoms with Gasteiger partial charge in [-0.3, -0.25) is 4.79 Å². The second-order valence-electron chi connectivity index (χ2n) is 5.10. The Morgan fingerprint density at radius 2 is 1.93 bits per heavy atom.